The Labute approximate surface area is 155 Å². The van der Waals surface area contributed by atoms with E-state index >= 15 is 0 Å². The molecule has 1 N–H and O–H groups in total. The molecule has 2 atom stereocenters. The Balaban J connectivity index is 0.000000321. The SMILES string of the molecule is CN1CCO[C@H]2CCN(C(=O)C3(C#N)CCCC3)C[C@@H]21.O=C(O)C(F)(F)F. The predicted molar refractivity (Wildman–Crippen MR) is 87.6 cm³/mol. The second kappa shape index (κ2) is 8.44. The van der Waals surface area contributed by atoms with Crippen molar-refractivity contribution in [2.75, 3.05) is 33.3 Å². The van der Waals surface area contributed by atoms with Crippen LogP contribution in [-0.4, -0.2) is 78.4 Å². The lowest BCUT2D eigenvalue weighted by Gasteiger charge is -2.46. The number of piperidine rings is 1. The number of amides is 1. The van der Waals surface area contributed by atoms with Crippen molar-refractivity contribution in [3.63, 3.8) is 0 Å². The number of nitriles is 1. The third-order valence-electron chi connectivity index (χ3n) is 5.47. The molecule has 2 saturated heterocycles. The number of hydrogen-bond acceptors (Lipinski definition) is 5. The van der Waals surface area contributed by atoms with Crippen LogP contribution in [-0.2, 0) is 14.3 Å². The van der Waals surface area contributed by atoms with E-state index in [4.69, 9.17) is 14.6 Å². The first kappa shape index (κ1) is 21.4. The lowest BCUT2D eigenvalue weighted by molar-refractivity contribution is -0.192. The number of fused-ring (bicyclic) bond motifs is 1. The van der Waals surface area contributed by atoms with Gasteiger partial charge in [-0.2, -0.15) is 18.4 Å². The second-order valence-electron chi connectivity index (χ2n) is 7.20. The van der Waals surface area contributed by atoms with Crippen molar-refractivity contribution in [1.29, 1.82) is 5.26 Å². The molecule has 0 aromatic heterocycles. The Morgan fingerprint density at radius 2 is 1.85 bits per heavy atom. The summed E-state index contributed by atoms with van der Waals surface area (Å²) in [6, 6.07) is 2.61. The maximum absolute atomic E-state index is 12.8. The van der Waals surface area contributed by atoms with Crippen LogP contribution in [0.3, 0.4) is 0 Å². The van der Waals surface area contributed by atoms with Gasteiger partial charge >= 0.3 is 12.1 Å². The van der Waals surface area contributed by atoms with Crippen molar-refractivity contribution in [1.82, 2.24) is 9.80 Å². The highest BCUT2D eigenvalue weighted by molar-refractivity contribution is 5.86. The molecule has 0 aromatic carbocycles. The van der Waals surface area contributed by atoms with Gasteiger partial charge in [-0.3, -0.25) is 9.69 Å². The number of nitrogens with zero attached hydrogens (tertiary/aromatic N) is 3. The minimum absolute atomic E-state index is 0.0647. The van der Waals surface area contributed by atoms with E-state index in [0.29, 0.717) is 12.6 Å². The Hall–Kier alpha value is -1.86. The average Bonchev–Trinajstić information content (AvgIpc) is 3.11. The molecular formula is C17H24F3N3O4. The minimum atomic E-state index is -5.08. The molecule has 2 aliphatic heterocycles. The van der Waals surface area contributed by atoms with Gasteiger partial charge in [-0.15, -0.1) is 0 Å². The third-order valence-corrected chi connectivity index (χ3v) is 5.47. The van der Waals surface area contributed by atoms with Crippen LogP contribution >= 0.6 is 0 Å². The van der Waals surface area contributed by atoms with Gasteiger partial charge in [0.2, 0.25) is 5.91 Å². The number of likely N-dealkylation sites (N-methyl/N-ethyl adjacent to an activating group) is 1. The van der Waals surface area contributed by atoms with Crippen molar-refractivity contribution in [2.45, 2.75) is 50.4 Å². The van der Waals surface area contributed by atoms with Crippen LogP contribution in [0.1, 0.15) is 32.1 Å². The summed E-state index contributed by atoms with van der Waals surface area (Å²) in [7, 11) is 2.10. The number of alkyl halides is 3. The number of hydrogen-bond donors (Lipinski definition) is 1. The molecule has 0 bridgehead atoms. The first-order valence-corrected chi connectivity index (χ1v) is 8.93. The number of ether oxygens (including phenoxy) is 1. The van der Waals surface area contributed by atoms with Crippen LogP contribution in [0.15, 0.2) is 0 Å². The molecule has 2 heterocycles. The summed E-state index contributed by atoms with van der Waals surface area (Å²) in [5.74, 6) is -2.69. The lowest BCUT2D eigenvalue weighted by Crippen LogP contribution is -2.61. The van der Waals surface area contributed by atoms with Gasteiger partial charge in [0.15, 0.2) is 0 Å². The fourth-order valence-electron chi connectivity index (χ4n) is 3.88. The molecule has 27 heavy (non-hydrogen) atoms. The average molecular weight is 391 g/mol. The van der Waals surface area contributed by atoms with Crippen LogP contribution in [0.25, 0.3) is 0 Å². The van der Waals surface area contributed by atoms with E-state index in [0.717, 1.165) is 51.8 Å². The van der Waals surface area contributed by atoms with E-state index in [1.165, 1.54) is 0 Å². The summed E-state index contributed by atoms with van der Waals surface area (Å²) in [4.78, 5) is 25.9. The number of carbonyl (C=O) groups excluding carboxylic acids is 1. The van der Waals surface area contributed by atoms with Gasteiger partial charge in [-0.25, -0.2) is 4.79 Å². The number of carboxylic acid groups (broad SMARTS) is 1. The van der Waals surface area contributed by atoms with Crippen molar-refractivity contribution in [2.24, 2.45) is 5.41 Å². The number of rotatable bonds is 1. The lowest BCUT2D eigenvalue weighted by atomic mass is 9.85. The van der Waals surface area contributed by atoms with Gasteiger partial charge in [0.25, 0.3) is 0 Å². The molecule has 152 valence electrons. The molecule has 3 fully saturated rings. The monoisotopic (exact) mass is 391 g/mol. The third kappa shape index (κ3) is 4.90. The molecule has 0 unspecified atom stereocenters. The van der Waals surface area contributed by atoms with Gasteiger partial charge < -0.3 is 14.7 Å². The van der Waals surface area contributed by atoms with Crippen LogP contribution in [0, 0.1) is 16.7 Å². The van der Waals surface area contributed by atoms with E-state index in [1.807, 2.05) is 4.90 Å². The van der Waals surface area contributed by atoms with Gasteiger partial charge in [0.1, 0.15) is 5.41 Å². The summed E-state index contributed by atoms with van der Waals surface area (Å²) >= 11 is 0. The molecule has 0 radical (unpaired) electrons. The summed E-state index contributed by atoms with van der Waals surface area (Å²) in [5.41, 5.74) is -0.735. The van der Waals surface area contributed by atoms with E-state index in [1.54, 1.807) is 0 Å². The van der Waals surface area contributed by atoms with Crippen LogP contribution in [0.5, 0.6) is 0 Å². The largest absolute Gasteiger partial charge is 0.490 e. The smallest absolute Gasteiger partial charge is 0.475 e. The van der Waals surface area contributed by atoms with E-state index in [9.17, 15) is 23.2 Å². The first-order chi connectivity index (χ1) is 12.6. The molecule has 7 nitrogen and oxygen atoms in total. The predicted octanol–water partition coefficient (Wildman–Crippen LogP) is 1.64. The van der Waals surface area contributed by atoms with E-state index in [2.05, 4.69) is 18.0 Å². The van der Waals surface area contributed by atoms with Gasteiger partial charge in [0.05, 0.1) is 24.8 Å². The maximum atomic E-state index is 12.8. The fourth-order valence-corrected chi connectivity index (χ4v) is 3.88. The van der Waals surface area contributed by atoms with Gasteiger partial charge in [-0.05, 0) is 26.3 Å². The van der Waals surface area contributed by atoms with Gasteiger partial charge in [-0.1, -0.05) is 12.8 Å². The van der Waals surface area contributed by atoms with Crippen LogP contribution < -0.4 is 0 Å². The zero-order valence-electron chi connectivity index (χ0n) is 15.2. The number of carboxylic acids is 1. The van der Waals surface area contributed by atoms with Crippen molar-refractivity contribution < 1.29 is 32.6 Å². The molecular weight excluding hydrogens is 367 g/mol. The fraction of sp³-hybridized carbons (Fsp3) is 0.824. The summed E-state index contributed by atoms with van der Waals surface area (Å²) in [6.45, 7) is 3.15. The topological polar surface area (TPSA) is 93.9 Å². The first-order valence-electron chi connectivity index (χ1n) is 8.93. The highest BCUT2D eigenvalue weighted by Crippen LogP contribution is 2.40. The Kier molecular flexibility index (Phi) is 6.70. The molecule has 1 amide bonds. The van der Waals surface area contributed by atoms with Crippen LogP contribution in [0.4, 0.5) is 13.2 Å². The Morgan fingerprint density at radius 1 is 1.26 bits per heavy atom. The standard InChI is InChI=1S/C15H23N3O2.C2HF3O2/c1-17-8-9-20-13-4-7-18(10-12(13)17)14(19)15(11-16)5-2-3-6-15;3-2(4,5)1(6)7/h12-13H,2-10H2,1H3;(H,6,7)/t12-,13-;/m0./s1. The number of aliphatic carboxylic acids is 1. The minimum Gasteiger partial charge on any atom is -0.475 e. The van der Waals surface area contributed by atoms with Crippen molar-refractivity contribution >= 4 is 11.9 Å². The summed E-state index contributed by atoms with van der Waals surface area (Å²) in [5, 5.41) is 16.6. The Bertz CT molecular complexity index is 599. The normalized spacial score (nSPS) is 27.7. The van der Waals surface area contributed by atoms with E-state index in [-0.39, 0.29) is 12.0 Å². The van der Waals surface area contributed by atoms with Crippen molar-refractivity contribution in [3.8, 4) is 6.07 Å². The molecule has 1 aliphatic carbocycles. The summed E-state index contributed by atoms with van der Waals surface area (Å²) < 4.78 is 37.5. The number of likely N-dealkylation sites (tertiary alicyclic amines) is 1. The highest BCUT2D eigenvalue weighted by Gasteiger charge is 2.46. The number of halogens is 3. The zero-order chi connectivity index (χ0) is 20.2. The highest BCUT2D eigenvalue weighted by atomic mass is 19.4. The zero-order valence-corrected chi connectivity index (χ0v) is 15.2. The molecule has 1 saturated carbocycles. The van der Waals surface area contributed by atoms with Gasteiger partial charge in [0, 0.05) is 19.6 Å². The maximum Gasteiger partial charge on any atom is 0.490 e. The quantitative estimate of drug-likeness (QED) is 0.730. The molecule has 0 aromatic rings. The molecule has 3 rings (SSSR count). The summed E-state index contributed by atoms with van der Waals surface area (Å²) in [6.07, 6.45) is -0.468. The molecule has 10 heteroatoms. The van der Waals surface area contributed by atoms with Crippen molar-refractivity contribution in [3.05, 3.63) is 0 Å². The second-order valence-corrected chi connectivity index (χ2v) is 7.20. The van der Waals surface area contributed by atoms with Crippen LogP contribution in [0.2, 0.25) is 0 Å². The molecule has 0 spiro atoms. The number of morpholine rings is 1. The number of carbonyl (C=O) groups is 2. The Morgan fingerprint density at radius 3 is 2.37 bits per heavy atom. The van der Waals surface area contributed by atoms with E-state index < -0.39 is 17.6 Å². The molecule has 3 aliphatic rings.